The van der Waals surface area contributed by atoms with Gasteiger partial charge in [-0.3, -0.25) is 15.0 Å². The molecule has 1 saturated heterocycles. The van der Waals surface area contributed by atoms with Gasteiger partial charge in [-0.1, -0.05) is 0 Å². The van der Waals surface area contributed by atoms with Gasteiger partial charge in [0.05, 0.1) is 11.4 Å². The van der Waals surface area contributed by atoms with Crippen LogP contribution in [0.5, 0.6) is 0 Å². The smallest absolute Gasteiger partial charge is 0.322 e. The Morgan fingerprint density at radius 3 is 2.62 bits per heavy atom. The second-order valence-electron chi connectivity index (χ2n) is 6.48. The van der Waals surface area contributed by atoms with Gasteiger partial charge in [-0.2, -0.15) is 9.37 Å². The van der Waals surface area contributed by atoms with E-state index in [0.29, 0.717) is 50.6 Å². The lowest BCUT2D eigenvalue weighted by Gasteiger charge is -2.35. The first-order valence-electron chi connectivity index (χ1n) is 9.35. The Bertz CT molecular complexity index is 865. The van der Waals surface area contributed by atoms with E-state index in [1.165, 1.54) is 19.4 Å². The molecule has 3 amide bonds. The number of amides is 3. The molecule has 0 aromatic carbocycles. The average Bonchev–Trinajstić information content (AvgIpc) is 3.14. The standard InChI is InChI=1S/C18H24FN7O3/c1-3-21-17(28)24-18-22-12(11-29-18)10-25-6-8-26(9-7-25)14-5-4-13(16(27)20-2)23-15(14)19/h4-5,11H,3,6-10H2,1-2H3,(H,20,27)(H2,21,22,24,28). The van der Waals surface area contributed by atoms with Gasteiger partial charge in [-0.25, -0.2) is 9.78 Å². The molecule has 3 heterocycles. The first kappa shape index (κ1) is 20.5. The molecule has 0 aliphatic carbocycles. The van der Waals surface area contributed by atoms with E-state index < -0.39 is 11.9 Å². The molecule has 1 aliphatic heterocycles. The molecular formula is C18H24FN7O3. The third kappa shape index (κ3) is 5.19. The second-order valence-corrected chi connectivity index (χ2v) is 6.48. The summed E-state index contributed by atoms with van der Waals surface area (Å²) in [4.78, 5) is 35.1. The molecule has 1 aliphatic rings. The van der Waals surface area contributed by atoms with Crippen LogP contribution in [-0.4, -0.2) is 66.6 Å². The highest BCUT2D eigenvalue weighted by atomic mass is 19.1. The summed E-state index contributed by atoms with van der Waals surface area (Å²) in [5.41, 5.74) is 1.13. The fraction of sp³-hybridized carbons (Fsp3) is 0.444. The van der Waals surface area contributed by atoms with Gasteiger partial charge in [-0.05, 0) is 19.1 Å². The molecule has 2 aromatic heterocycles. The highest BCUT2D eigenvalue weighted by molar-refractivity contribution is 5.92. The number of oxazole rings is 1. The van der Waals surface area contributed by atoms with Crippen molar-refractivity contribution in [3.05, 3.63) is 35.7 Å². The molecule has 0 spiro atoms. The normalized spacial score (nSPS) is 14.5. The zero-order valence-corrected chi connectivity index (χ0v) is 16.4. The predicted octanol–water partition coefficient (Wildman–Crippen LogP) is 1.03. The van der Waals surface area contributed by atoms with E-state index >= 15 is 0 Å². The van der Waals surface area contributed by atoms with E-state index in [4.69, 9.17) is 4.42 Å². The molecule has 3 N–H and O–H groups in total. The number of nitrogens with zero attached hydrogens (tertiary/aromatic N) is 4. The first-order valence-corrected chi connectivity index (χ1v) is 9.35. The van der Waals surface area contributed by atoms with Crippen molar-refractivity contribution < 1.29 is 18.4 Å². The molecule has 0 bridgehead atoms. The number of hydrogen-bond acceptors (Lipinski definition) is 7. The van der Waals surface area contributed by atoms with Crippen molar-refractivity contribution in [3.8, 4) is 0 Å². The highest BCUT2D eigenvalue weighted by Gasteiger charge is 2.22. The zero-order chi connectivity index (χ0) is 20.8. The van der Waals surface area contributed by atoms with Gasteiger partial charge in [0.15, 0.2) is 0 Å². The van der Waals surface area contributed by atoms with Crippen molar-refractivity contribution >= 4 is 23.6 Å². The van der Waals surface area contributed by atoms with Gasteiger partial charge in [0, 0.05) is 46.3 Å². The third-order valence-electron chi connectivity index (χ3n) is 4.50. The summed E-state index contributed by atoms with van der Waals surface area (Å²) in [6.45, 7) is 5.50. The maximum Gasteiger partial charge on any atom is 0.322 e. The second kappa shape index (κ2) is 9.32. The Hall–Kier alpha value is -3.21. The quantitative estimate of drug-likeness (QED) is 0.615. The summed E-state index contributed by atoms with van der Waals surface area (Å²) in [6.07, 6.45) is 1.51. The summed E-state index contributed by atoms with van der Waals surface area (Å²) in [5.74, 6) is -1.08. The van der Waals surface area contributed by atoms with Crippen molar-refractivity contribution in [2.24, 2.45) is 0 Å². The van der Waals surface area contributed by atoms with Crippen LogP contribution in [0, 0.1) is 5.95 Å². The minimum absolute atomic E-state index is 0.0513. The van der Waals surface area contributed by atoms with Gasteiger partial charge in [-0.15, -0.1) is 0 Å². The van der Waals surface area contributed by atoms with Crippen LogP contribution in [-0.2, 0) is 6.54 Å². The number of rotatable bonds is 6. The van der Waals surface area contributed by atoms with E-state index in [9.17, 15) is 14.0 Å². The summed E-state index contributed by atoms with van der Waals surface area (Å²) >= 11 is 0. The fourth-order valence-corrected chi connectivity index (χ4v) is 3.03. The number of aromatic nitrogens is 2. The lowest BCUT2D eigenvalue weighted by atomic mass is 10.2. The van der Waals surface area contributed by atoms with E-state index in [-0.39, 0.29) is 17.7 Å². The molecule has 10 nitrogen and oxygen atoms in total. The number of carbonyl (C=O) groups excluding carboxylic acids is 2. The molecule has 0 unspecified atom stereocenters. The van der Waals surface area contributed by atoms with Gasteiger partial charge < -0.3 is 20.0 Å². The molecule has 0 saturated carbocycles. The zero-order valence-electron chi connectivity index (χ0n) is 16.4. The van der Waals surface area contributed by atoms with Crippen molar-refractivity contribution in [2.45, 2.75) is 13.5 Å². The molecule has 29 heavy (non-hydrogen) atoms. The van der Waals surface area contributed by atoms with Gasteiger partial charge in [0.1, 0.15) is 12.0 Å². The fourth-order valence-electron chi connectivity index (χ4n) is 3.03. The van der Waals surface area contributed by atoms with Gasteiger partial charge in [0.25, 0.3) is 5.91 Å². The van der Waals surface area contributed by atoms with Crippen LogP contribution in [0.25, 0.3) is 0 Å². The maximum atomic E-state index is 14.3. The molecular weight excluding hydrogens is 381 g/mol. The van der Waals surface area contributed by atoms with E-state index in [1.807, 2.05) is 11.8 Å². The number of urea groups is 1. The predicted molar refractivity (Wildman–Crippen MR) is 104 cm³/mol. The summed E-state index contributed by atoms with van der Waals surface area (Å²) in [5, 5.41) is 7.54. The summed E-state index contributed by atoms with van der Waals surface area (Å²) < 4.78 is 19.6. The number of nitrogens with one attached hydrogen (secondary N) is 3. The molecule has 3 rings (SSSR count). The van der Waals surface area contributed by atoms with Crippen molar-refractivity contribution in [3.63, 3.8) is 0 Å². The van der Waals surface area contributed by atoms with Crippen LogP contribution in [0.4, 0.5) is 20.9 Å². The summed E-state index contributed by atoms with van der Waals surface area (Å²) in [7, 11) is 1.48. The Kier molecular flexibility index (Phi) is 6.60. The van der Waals surface area contributed by atoms with Crippen LogP contribution in [0.1, 0.15) is 23.1 Å². The van der Waals surface area contributed by atoms with E-state index in [2.05, 4.69) is 30.8 Å². The number of hydrogen-bond donors (Lipinski definition) is 3. The summed E-state index contributed by atoms with van der Waals surface area (Å²) in [6, 6.07) is 2.88. The number of halogens is 1. The SMILES string of the molecule is CCNC(=O)Nc1nc(CN2CCN(c3ccc(C(=O)NC)nc3F)CC2)co1. The minimum atomic E-state index is -0.655. The van der Waals surface area contributed by atoms with E-state index in [1.54, 1.807) is 6.07 Å². The topological polar surface area (TPSA) is 116 Å². The molecule has 11 heteroatoms. The third-order valence-corrected chi connectivity index (χ3v) is 4.50. The largest absolute Gasteiger partial charge is 0.432 e. The Morgan fingerprint density at radius 1 is 1.21 bits per heavy atom. The van der Waals surface area contributed by atoms with E-state index in [0.717, 1.165) is 0 Å². The van der Waals surface area contributed by atoms with Crippen molar-refractivity contribution in [1.82, 2.24) is 25.5 Å². The van der Waals surface area contributed by atoms with Crippen LogP contribution in [0.15, 0.2) is 22.8 Å². The average molecular weight is 405 g/mol. The van der Waals surface area contributed by atoms with Crippen molar-refractivity contribution in [2.75, 3.05) is 50.0 Å². The van der Waals surface area contributed by atoms with Crippen LogP contribution >= 0.6 is 0 Å². The Morgan fingerprint density at radius 2 is 1.97 bits per heavy atom. The molecule has 0 atom stereocenters. The first-order chi connectivity index (χ1) is 14.0. The molecule has 156 valence electrons. The van der Waals surface area contributed by atoms with Gasteiger partial charge >= 0.3 is 12.0 Å². The monoisotopic (exact) mass is 405 g/mol. The molecule has 0 radical (unpaired) electrons. The Labute approximate surface area is 167 Å². The number of carbonyl (C=O) groups is 2. The maximum absolute atomic E-state index is 14.3. The number of anilines is 2. The highest BCUT2D eigenvalue weighted by Crippen LogP contribution is 2.20. The van der Waals surface area contributed by atoms with Crippen LogP contribution in [0.2, 0.25) is 0 Å². The lowest BCUT2D eigenvalue weighted by molar-refractivity contribution is 0.0957. The molecule has 1 fully saturated rings. The van der Waals surface area contributed by atoms with Crippen LogP contribution in [0.3, 0.4) is 0 Å². The minimum Gasteiger partial charge on any atom is -0.432 e. The van der Waals surface area contributed by atoms with Crippen LogP contribution < -0.4 is 20.9 Å². The lowest BCUT2D eigenvalue weighted by Crippen LogP contribution is -2.46. The van der Waals surface area contributed by atoms with Crippen molar-refractivity contribution in [1.29, 1.82) is 0 Å². The number of pyridine rings is 1. The Balaban J connectivity index is 1.53. The number of piperazine rings is 1. The molecule has 2 aromatic rings. The van der Waals surface area contributed by atoms with Gasteiger partial charge in [0.2, 0.25) is 5.95 Å².